The molecule has 0 aliphatic heterocycles. The Labute approximate surface area is 154 Å². The maximum Gasteiger partial charge on any atom is 0.188 e. The molecular weight excluding hydrogens is 405 g/mol. The number of nitrogens with one attached hydrogen (secondary N) is 1. The molecule has 0 bridgehead atoms. The molecule has 0 aliphatic rings. The summed E-state index contributed by atoms with van der Waals surface area (Å²) in [5.74, 6) is 0.465. The van der Waals surface area contributed by atoms with Gasteiger partial charge in [0.05, 0.1) is 12.2 Å². The van der Waals surface area contributed by atoms with Crippen LogP contribution < -0.4 is 11.1 Å². The number of hydrogen-bond acceptors (Lipinski definition) is 3. The number of hydrogen-bond donors (Lipinski definition) is 2. The van der Waals surface area contributed by atoms with Gasteiger partial charge in [0, 0.05) is 32.2 Å². The number of guanidine groups is 1. The third kappa shape index (κ3) is 7.00. The molecule has 23 heavy (non-hydrogen) atoms. The minimum Gasteiger partial charge on any atom is -0.382 e. The van der Waals surface area contributed by atoms with Crippen LogP contribution in [0.3, 0.4) is 0 Å². The molecule has 0 unspecified atom stereocenters. The molecule has 1 aromatic carbocycles. The summed E-state index contributed by atoms with van der Waals surface area (Å²) >= 11 is 0. The summed E-state index contributed by atoms with van der Waals surface area (Å²) in [6, 6.07) is 10.00. The highest BCUT2D eigenvalue weighted by molar-refractivity contribution is 14.0. The lowest BCUT2D eigenvalue weighted by molar-refractivity contribution is 0.145. The molecule has 0 spiro atoms. The molecule has 7 heteroatoms. The highest BCUT2D eigenvalue weighted by atomic mass is 127. The highest BCUT2D eigenvalue weighted by Gasteiger charge is 1.97. The van der Waals surface area contributed by atoms with E-state index < -0.39 is 0 Å². The summed E-state index contributed by atoms with van der Waals surface area (Å²) < 4.78 is 7.08. The van der Waals surface area contributed by atoms with Crippen LogP contribution in [0.15, 0.2) is 47.7 Å². The number of benzene rings is 1. The average molecular weight is 429 g/mol. The number of nitrogens with zero attached hydrogens (tertiary/aromatic N) is 3. The van der Waals surface area contributed by atoms with Crippen LogP contribution in [0.25, 0.3) is 5.69 Å². The zero-order chi connectivity index (χ0) is 15.6. The molecule has 6 nitrogen and oxygen atoms in total. The molecule has 0 atom stereocenters. The molecular formula is C16H24IN5O. The van der Waals surface area contributed by atoms with Crippen LogP contribution in [0.2, 0.25) is 0 Å². The van der Waals surface area contributed by atoms with Gasteiger partial charge in [0.15, 0.2) is 5.96 Å². The molecule has 2 rings (SSSR count). The molecule has 0 amide bonds. The van der Waals surface area contributed by atoms with Gasteiger partial charge in [-0.2, -0.15) is 5.10 Å². The van der Waals surface area contributed by atoms with Crippen molar-refractivity contribution in [2.24, 2.45) is 10.7 Å². The molecule has 1 heterocycles. The number of rotatable bonds is 8. The van der Waals surface area contributed by atoms with Gasteiger partial charge in [0.25, 0.3) is 0 Å². The second-order valence-electron chi connectivity index (χ2n) is 4.80. The van der Waals surface area contributed by atoms with Gasteiger partial charge >= 0.3 is 0 Å². The van der Waals surface area contributed by atoms with Crippen molar-refractivity contribution < 1.29 is 4.74 Å². The number of aliphatic imine (C=N–C) groups is 1. The van der Waals surface area contributed by atoms with E-state index in [1.54, 1.807) is 6.20 Å². The van der Waals surface area contributed by atoms with Gasteiger partial charge < -0.3 is 15.8 Å². The fourth-order valence-corrected chi connectivity index (χ4v) is 1.94. The number of aromatic nitrogens is 2. The zero-order valence-corrected chi connectivity index (χ0v) is 15.6. The van der Waals surface area contributed by atoms with Crippen molar-refractivity contribution in [1.29, 1.82) is 0 Å². The Kier molecular flexibility index (Phi) is 9.30. The predicted molar refractivity (Wildman–Crippen MR) is 103 cm³/mol. The summed E-state index contributed by atoms with van der Waals surface area (Å²) in [6.45, 7) is 4.81. The standard InChI is InChI=1S/C16H23N5O.HI/c1-2-22-12-4-9-18-16(17)19-13-14-5-7-15(8-6-14)21-11-3-10-20-21;/h3,5-8,10-11H,2,4,9,12-13H2,1H3,(H3,17,18,19);1H. The Morgan fingerprint density at radius 1 is 1.35 bits per heavy atom. The Morgan fingerprint density at radius 2 is 2.13 bits per heavy atom. The van der Waals surface area contributed by atoms with Crippen molar-refractivity contribution in [3.63, 3.8) is 0 Å². The van der Waals surface area contributed by atoms with Crippen molar-refractivity contribution in [2.45, 2.75) is 19.9 Å². The molecule has 0 saturated carbocycles. The smallest absolute Gasteiger partial charge is 0.188 e. The van der Waals surface area contributed by atoms with Gasteiger partial charge in [0.2, 0.25) is 0 Å². The third-order valence-corrected chi connectivity index (χ3v) is 3.11. The Hall–Kier alpha value is -1.61. The summed E-state index contributed by atoms with van der Waals surface area (Å²) in [6.07, 6.45) is 4.59. The quantitative estimate of drug-likeness (QED) is 0.292. The molecule has 0 saturated heterocycles. The van der Waals surface area contributed by atoms with E-state index in [2.05, 4.69) is 15.4 Å². The first-order chi connectivity index (χ1) is 10.8. The van der Waals surface area contributed by atoms with E-state index in [1.807, 2.05) is 48.1 Å². The molecule has 3 N–H and O–H groups in total. The first kappa shape index (κ1) is 19.4. The largest absolute Gasteiger partial charge is 0.382 e. The molecule has 1 aromatic heterocycles. The summed E-state index contributed by atoms with van der Waals surface area (Å²) in [5.41, 5.74) is 7.96. The summed E-state index contributed by atoms with van der Waals surface area (Å²) in [4.78, 5) is 4.32. The van der Waals surface area contributed by atoms with Gasteiger partial charge in [-0.15, -0.1) is 24.0 Å². The fourth-order valence-electron chi connectivity index (χ4n) is 1.94. The SMILES string of the molecule is CCOCCCNC(N)=NCc1ccc(-n2cccn2)cc1.I. The van der Waals surface area contributed by atoms with E-state index in [9.17, 15) is 0 Å². The molecule has 2 aromatic rings. The van der Waals surface area contributed by atoms with Gasteiger partial charge in [-0.3, -0.25) is 0 Å². The summed E-state index contributed by atoms with van der Waals surface area (Å²) in [5, 5.41) is 7.27. The molecule has 0 radical (unpaired) electrons. The lowest BCUT2D eigenvalue weighted by Gasteiger charge is -2.06. The van der Waals surface area contributed by atoms with Crippen LogP contribution in [-0.2, 0) is 11.3 Å². The number of halogens is 1. The van der Waals surface area contributed by atoms with Gasteiger partial charge in [-0.25, -0.2) is 9.67 Å². The Bertz CT molecular complexity index is 569. The van der Waals surface area contributed by atoms with E-state index in [1.165, 1.54) is 0 Å². The zero-order valence-electron chi connectivity index (χ0n) is 13.3. The second kappa shape index (κ2) is 11.0. The van der Waals surface area contributed by atoms with Gasteiger partial charge in [-0.1, -0.05) is 12.1 Å². The predicted octanol–water partition coefficient (Wildman–Crippen LogP) is 2.32. The highest BCUT2D eigenvalue weighted by Crippen LogP contribution is 2.09. The van der Waals surface area contributed by atoms with Gasteiger partial charge in [0.1, 0.15) is 0 Å². The average Bonchev–Trinajstić information content (AvgIpc) is 3.08. The van der Waals surface area contributed by atoms with Crippen LogP contribution in [0.5, 0.6) is 0 Å². The van der Waals surface area contributed by atoms with E-state index in [4.69, 9.17) is 10.5 Å². The lowest BCUT2D eigenvalue weighted by Crippen LogP contribution is -2.32. The topological polar surface area (TPSA) is 77.5 Å². The van der Waals surface area contributed by atoms with E-state index in [-0.39, 0.29) is 24.0 Å². The van der Waals surface area contributed by atoms with Crippen molar-refractivity contribution in [1.82, 2.24) is 15.1 Å². The van der Waals surface area contributed by atoms with Crippen LogP contribution in [0.4, 0.5) is 0 Å². The Balaban J connectivity index is 0.00000264. The fraction of sp³-hybridized carbons (Fsp3) is 0.375. The first-order valence-electron chi connectivity index (χ1n) is 7.50. The first-order valence-corrected chi connectivity index (χ1v) is 7.50. The van der Waals surface area contributed by atoms with Crippen molar-refractivity contribution in [3.05, 3.63) is 48.3 Å². The second-order valence-corrected chi connectivity index (χ2v) is 4.80. The molecule has 0 fully saturated rings. The van der Waals surface area contributed by atoms with E-state index >= 15 is 0 Å². The monoisotopic (exact) mass is 429 g/mol. The van der Waals surface area contributed by atoms with E-state index in [0.29, 0.717) is 12.5 Å². The summed E-state index contributed by atoms with van der Waals surface area (Å²) in [7, 11) is 0. The molecule has 126 valence electrons. The maximum absolute atomic E-state index is 5.83. The molecule has 0 aliphatic carbocycles. The minimum absolute atomic E-state index is 0. The van der Waals surface area contributed by atoms with E-state index in [0.717, 1.165) is 37.4 Å². The number of nitrogens with two attached hydrogens (primary N) is 1. The maximum atomic E-state index is 5.83. The lowest BCUT2D eigenvalue weighted by atomic mass is 10.2. The van der Waals surface area contributed by atoms with Crippen LogP contribution in [0, 0.1) is 0 Å². The van der Waals surface area contributed by atoms with Crippen molar-refractivity contribution in [2.75, 3.05) is 19.8 Å². The van der Waals surface area contributed by atoms with Crippen LogP contribution >= 0.6 is 24.0 Å². The van der Waals surface area contributed by atoms with Gasteiger partial charge in [-0.05, 0) is 37.1 Å². The van der Waals surface area contributed by atoms with Crippen LogP contribution in [-0.4, -0.2) is 35.5 Å². The van der Waals surface area contributed by atoms with Crippen LogP contribution in [0.1, 0.15) is 18.9 Å². The Morgan fingerprint density at radius 3 is 2.78 bits per heavy atom. The third-order valence-electron chi connectivity index (χ3n) is 3.11. The number of ether oxygens (including phenoxy) is 1. The van der Waals surface area contributed by atoms with Crippen molar-refractivity contribution in [3.8, 4) is 5.69 Å². The normalized spacial score (nSPS) is 11.1. The minimum atomic E-state index is 0. The van der Waals surface area contributed by atoms with Crippen molar-refractivity contribution >= 4 is 29.9 Å².